The summed E-state index contributed by atoms with van der Waals surface area (Å²) >= 11 is 12.2. The third-order valence-corrected chi connectivity index (χ3v) is 8.08. The van der Waals surface area contributed by atoms with Crippen LogP contribution < -0.4 is 0 Å². The maximum absolute atomic E-state index is 13.6. The molecule has 6 nitrogen and oxygen atoms in total. The summed E-state index contributed by atoms with van der Waals surface area (Å²) in [6.45, 7) is 5.96. The number of nitrogens with zero attached hydrogens (tertiary/aromatic N) is 1. The number of hydrogen-bond acceptors (Lipinski definition) is 5. The zero-order chi connectivity index (χ0) is 23.6. The summed E-state index contributed by atoms with van der Waals surface area (Å²) in [5, 5.41) is 2.15. The summed E-state index contributed by atoms with van der Waals surface area (Å²) < 4.78 is 24.8. The Morgan fingerprint density at radius 2 is 1.66 bits per heavy atom. The number of amides is 1. The second-order valence-corrected chi connectivity index (χ2v) is 10.3. The van der Waals surface area contributed by atoms with Crippen molar-refractivity contribution < 1.29 is 23.2 Å². The minimum absolute atomic E-state index is 0.234. The fraction of sp³-hybridized carbons (Fsp3) is 0.435. The van der Waals surface area contributed by atoms with E-state index in [2.05, 4.69) is 0 Å². The van der Waals surface area contributed by atoms with Crippen molar-refractivity contribution >= 4 is 36.7 Å². The molecule has 0 radical (unpaired) electrons. The molecule has 0 aliphatic rings. The fourth-order valence-corrected chi connectivity index (χ4v) is 5.63. The van der Waals surface area contributed by atoms with Gasteiger partial charge in [0.15, 0.2) is 0 Å². The normalized spacial score (nSPS) is 12.5. The van der Waals surface area contributed by atoms with Crippen LogP contribution >= 0.6 is 30.8 Å². The van der Waals surface area contributed by atoms with Gasteiger partial charge in [0.25, 0.3) is 0 Å². The highest BCUT2D eigenvalue weighted by molar-refractivity contribution is 7.54. The molecule has 32 heavy (non-hydrogen) atoms. The molecule has 2 aromatic rings. The average Bonchev–Trinajstić information content (AvgIpc) is 2.76. The topological polar surface area (TPSA) is 65.1 Å². The number of hydroxylamine groups is 2. The molecule has 0 fully saturated rings. The minimum atomic E-state index is -3.45. The monoisotopic (exact) mass is 501 g/mol. The molecule has 0 aromatic heterocycles. The Kier molecular flexibility index (Phi) is 11.2. The summed E-state index contributed by atoms with van der Waals surface area (Å²) in [5.41, 5.74) is 1.30. The Bertz CT molecular complexity index is 903. The van der Waals surface area contributed by atoms with E-state index < -0.39 is 13.3 Å². The van der Waals surface area contributed by atoms with Crippen molar-refractivity contribution in [3.63, 3.8) is 0 Å². The predicted octanol–water partition coefficient (Wildman–Crippen LogP) is 6.54. The van der Waals surface area contributed by atoms with Gasteiger partial charge in [-0.15, -0.1) is 0 Å². The van der Waals surface area contributed by atoms with Gasteiger partial charge in [-0.05, 0) is 49.9 Å². The average molecular weight is 502 g/mol. The zero-order valence-corrected chi connectivity index (χ0v) is 21.0. The SMILES string of the molecule is CCOP(=O)(OCC)C(CCN(OCc1ccccc1)C(C)=O)Cc1ccc(Cl)c(Cl)c1. The highest BCUT2D eigenvalue weighted by atomic mass is 35.5. The van der Waals surface area contributed by atoms with Crippen LogP contribution in [0.15, 0.2) is 48.5 Å². The molecule has 9 heteroatoms. The molecular weight excluding hydrogens is 472 g/mol. The van der Waals surface area contributed by atoms with E-state index in [1.165, 1.54) is 12.0 Å². The smallest absolute Gasteiger partial charge is 0.309 e. The quantitative estimate of drug-likeness (QED) is 0.230. The van der Waals surface area contributed by atoms with E-state index in [1.807, 2.05) is 36.4 Å². The van der Waals surface area contributed by atoms with E-state index in [9.17, 15) is 9.36 Å². The molecule has 1 amide bonds. The third-order valence-electron chi connectivity index (χ3n) is 4.77. The van der Waals surface area contributed by atoms with Crippen molar-refractivity contribution in [2.45, 2.75) is 45.9 Å². The Morgan fingerprint density at radius 1 is 1.00 bits per heavy atom. The Hall–Kier alpha value is -1.40. The Morgan fingerprint density at radius 3 is 2.22 bits per heavy atom. The predicted molar refractivity (Wildman–Crippen MR) is 128 cm³/mol. The molecule has 0 N–H and O–H groups in total. The number of rotatable bonds is 13. The molecule has 176 valence electrons. The molecule has 0 saturated heterocycles. The number of carbonyl (C=O) groups excluding carboxylic acids is 1. The highest BCUT2D eigenvalue weighted by Gasteiger charge is 2.36. The van der Waals surface area contributed by atoms with Crippen molar-refractivity contribution in [2.24, 2.45) is 0 Å². The molecule has 0 aliphatic heterocycles. The molecule has 0 spiro atoms. The van der Waals surface area contributed by atoms with Crippen molar-refractivity contribution in [1.82, 2.24) is 5.06 Å². The second-order valence-electron chi connectivity index (χ2n) is 7.15. The lowest BCUT2D eigenvalue weighted by atomic mass is 10.1. The number of hydrogen-bond donors (Lipinski definition) is 0. The maximum atomic E-state index is 13.6. The summed E-state index contributed by atoms with van der Waals surface area (Å²) in [6.07, 6.45) is 0.741. The first-order chi connectivity index (χ1) is 15.3. The van der Waals surface area contributed by atoms with E-state index >= 15 is 0 Å². The van der Waals surface area contributed by atoms with Crippen molar-refractivity contribution in [1.29, 1.82) is 0 Å². The van der Waals surface area contributed by atoms with Gasteiger partial charge < -0.3 is 9.05 Å². The van der Waals surface area contributed by atoms with E-state index in [4.69, 9.17) is 37.1 Å². The van der Waals surface area contributed by atoms with Crippen LogP contribution in [0.4, 0.5) is 0 Å². The van der Waals surface area contributed by atoms with Crippen LogP contribution in [0, 0.1) is 0 Å². The molecule has 0 heterocycles. The van der Waals surface area contributed by atoms with Gasteiger partial charge in [0.05, 0.1) is 28.9 Å². The largest absolute Gasteiger partial charge is 0.334 e. The number of carbonyl (C=O) groups is 1. The molecule has 0 bridgehead atoms. The van der Waals surface area contributed by atoms with Gasteiger partial charge in [0.1, 0.15) is 6.61 Å². The van der Waals surface area contributed by atoms with Gasteiger partial charge in [0, 0.05) is 13.5 Å². The van der Waals surface area contributed by atoms with Gasteiger partial charge in [-0.2, -0.15) is 0 Å². The van der Waals surface area contributed by atoms with E-state index in [-0.39, 0.29) is 32.3 Å². The van der Waals surface area contributed by atoms with Gasteiger partial charge in [-0.3, -0.25) is 14.2 Å². The molecule has 0 saturated carbocycles. The van der Waals surface area contributed by atoms with Crippen LogP contribution in [0.1, 0.15) is 38.3 Å². The van der Waals surface area contributed by atoms with E-state index in [1.54, 1.807) is 26.0 Å². The molecule has 1 unspecified atom stereocenters. The van der Waals surface area contributed by atoms with E-state index in [0.29, 0.717) is 22.9 Å². The van der Waals surface area contributed by atoms with Gasteiger partial charge in [-0.1, -0.05) is 59.6 Å². The first-order valence-corrected chi connectivity index (χ1v) is 12.9. The van der Waals surface area contributed by atoms with Crippen LogP contribution in [0.3, 0.4) is 0 Å². The van der Waals surface area contributed by atoms with Gasteiger partial charge in [-0.25, -0.2) is 5.06 Å². The molecular formula is C23H30Cl2NO5P. The lowest BCUT2D eigenvalue weighted by Crippen LogP contribution is -2.32. The molecule has 2 rings (SSSR count). The van der Waals surface area contributed by atoms with Gasteiger partial charge in [0.2, 0.25) is 5.91 Å². The number of benzene rings is 2. The van der Waals surface area contributed by atoms with Crippen LogP contribution in [0.25, 0.3) is 0 Å². The van der Waals surface area contributed by atoms with Gasteiger partial charge >= 0.3 is 7.60 Å². The Balaban J connectivity index is 2.18. The van der Waals surface area contributed by atoms with Crippen molar-refractivity contribution in [3.8, 4) is 0 Å². The van der Waals surface area contributed by atoms with Crippen molar-refractivity contribution in [2.75, 3.05) is 19.8 Å². The molecule has 1 atom stereocenters. The van der Waals surface area contributed by atoms with Crippen LogP contribution in [-0.2, 0) is 36.3 Å². The second kappa shape index (κ2) is 13.3. The maximum Gasteiger partial charge on any atom is 0.334 e. The van der Waals surface area contributed by atoms with Crippen LogP contribution in [0.2, 0.25) is 10.0 Å². The first-order valence-electron chi connectivity index (χ1n) is 10.6. The lowest BCUT2D eigenvalue weighted by molar-refractivity contribution is -0.189. The Labute approximate surface area is 200 Å². The standard InChI is InChI=1S/C23H30Cl2NO5P/c1-4-30-32(28,31-5-2)21(15-20-11-12-22(24)23(25)16-20)13-14-26(18(3)27)29-17-19-9-7-6-8-10-19/h6-12,16,21H,4-5,13-15,17H2,1-3H3. The van der Waals surface area contributed by atoms with Crippen LogP contribution in [-0.4, -0.2) is 36.4 Å². The minimum Gasteiger partial charge on any atom is -0.309 e. The lowest BCUT2D eigenvalue weighted by Gasteiger charge is -2.29. The molecule has 2 aromatic carbocycles. The van der Waals surface area contributed by atoms with Crippen LogP contribution in [0.5, 0.6) is 0 Å². The number of halogens is 2. The summed E-state index contributed by atoms with van der Waals surface area (Å²) in [6, 6.07) is 14.8. The molecule has 0 aliphatic carbocycles. The summed E-state index contributed by atoms with van der Waals surface area (Å²) in [7, 11) is -3.45. The summed E-state index contributed by atoms with van der Waals surface area (Å²) in [5.74, 6) is -0.239. The zero-order valence-electron chi connectivity index (χ0n) is 18.6. The first kappa shape index (κ1) is 26.8. The van der Waals surface area contributed by atoms with Crippen molar-refractivity contribution in [3.05, 3.63) is 69.7 Å². The summed E-state index contributed by atoms with van der Waals surface area (Å²) in [4.78, 5) is 17.9. The van der Waals surface area contributed by atoms with E-state index in [0.717, 1.165) is 11.1 Å². The fourth-order valence-electron chi connectivity index (χ4n) is 3.22. The third kappa shape index (κ3) is 8.18. The highest BCUT2D eigenvalue weighted by Crippen LogP contribution is 2.55.